The molecule has 0 bridgehead atoms. The van der Waals surface area contributed by atoms with Crippen molar-refractivity contribution in [2.24, 2.45) is 0 Å². The Kier molecular flexibility index (Phi) is 4.02. The largest absolute Gasteiger partial charge is 0.370 e. The smallest absolute Gasteiger partial charge is 0.269 e. The first-order chi connectivity index (χ1) is 9.08. The first-order valence-electron chi connectivity index (χ1n) is 5.77. The maximum Gasteiger partial charge on any atom is 0.269 e. The molecule has 0 aliphatic heterocycles. The minimum absolute atomic E-state index is 0.0564. The van der Waals surface area contributed by atoms with Crippen molar-refractivity contribution in [3.63, 3.8) is 0 Å². The molecule has 2 rings (SSSR count). The standard InChI is InChI=1S/C14H13ClN2O2/c1-16(12-5-3-2-4-6-12)10-11-9-13(17(18)19)7-8-14(11)15/h2-9H,10H2,1H3. The van der Waals surface area contributed by atoms with Crippen molar-refractivity contribution in [1.82, 2.24) is 0 Å². The van der Waals surface area contributed by atoms with Gasteiger partial charge in [0, 0.05) is 36.4 Å². The SMILES string of the molecule is CN(Cc1cc([N+](=O)[O-])ccc1Cl)c1ccccc1. The monoisotopic (exact) mass is 276 g/mol. The molecule has 4 nitrogen and oxygen atoms in total. The summed E-state index contributed by atoms with van der Waals surface area (Å²) in [4.78, 5) is 12.3. The Hall–Kier alpha value is -2.07. The van der Waals surface area contributed by atoms with Crippen molar-refractivity contribution in [2.75, 3.05) is 11.9 Å². The number of nitrogens with zero attached hydrogens (tertiary/aromatic N) is 2. The van der Waals surface area contributed by atoms with Gasteiger partial charge in [0.1, 0.15) is 0 Å². The summed E-state index contributed by atoms with van der Waals surface area (Å²) in [5.41, 5.74) is 1.83. The van der Waals surface area contributed by atoms with E-state index in [1.54, 1.807) is 6.07 Å². The van der Waals surface area contributed by atoms with Crippen LogP contribution in [-0.4, -0.2) is 12.0 Å². The molecule has 98 valence electrons. The van der Waals surface area contributed by atoms with Crippen molar-refractivity contribution in [1.29, 1.82) is 0 Å². The van der Waals surface area contributed by atoms with Crippen LogP contribution in [0.4, 0.5) is 11.4 Å². The zero-order valence-corrected chi connectivity index (χ0v) is 11.2. The summed E-state index contributed by atoms with van der Waals surface area (Å²) in [5.74, 6) is 0. The fourth-order valence-electron chi connectivity index (χ4n) is 1.83. The van der Waals surface area contributed by atoms with Crippen LogP contribution in [0.1, 0.15) is 5.56 Å². The predicted molar refractivity (Wildman–Crippen MR) is 76.7 cm³/mol. The van der Waals surface area contributed by atoms with Gasteiger partial charge in [-0.1, -0.05) is 29.8 Å². The fourth-order valence-corrected chi connectivity index (χ4v) is 2.00. The van der Waals surface area contributed by atoms with Gasteiger partial charge in [-0.15, -0.1) is 0 Å². The number of nitro groups is 1. The number of para-hydroxylation sites is 1. The van der Waals surface area contributed by atoms with E-state index in [1.165, 1.54) is 12.1 Å². The molecule has 5 heteroatoms. The van der Waals surface area contributed by atoms with Gasteiger partial charge in [-0.05, 0) is 23.8 Å². The lowest BCUT2D eigenvalue weighted by Gasteiger charge is -2.19. The topological polar surface area (TPSA) is 46.4 Å². The molecule has 0 heterocycles. The lowest BCUT2D eigenvalue weighted by atomic mass is 10.2. The van der Waals surface area contributed by atoms with Crippen molar-refractivity contribution < 1.29 is 4.92 Å². The highest BCUT2D eigenvalue weighted by molar-refractivity contribution is 6.31. The molecule has 0 aliphatic rings. The third kappa shape index (κ3) is 3.23. The Morgan fingerprint density at radius 2 is 1.89 bits per heavy atom. The number of hydrogen-bond donors (Lipinski definition) is 0. The predicted octanol–water partition coefficient (Wildman–Crippen LogP) is 3.88. The van der Waals surface area contributed by atoms with Gasteiger partial charge >= 0.3 is 0 Å². The van der Waals surface area contributed by atoms with E-state index in [-0.39, 0.29) is 5.69 Å². The van der Waals surface area contributed by atoms with Gasteiger partial charge in [0.15, 0.2) is 0 Å². The van der Waals surface area contributed by atoms with Gasteiger partial charge < -0.3 is 4.90 Å². The molecular weight excluding hydrogens is 264 g/mol. The first-order valence-corrected chi connectivity index (χ1v) is 6.15. The Balaban J connectivity index is 2.23. The summed E-state index contributed by atoms with van der Waals surface area (Å²) in [6.45, 7) is 0.518. The van der Waals surface area contributed by atoms with Gasteiger partial charge in [-0.25, -0.2) is 0 Å². The van der Waals surface area contributed by atoms with Crippen LogP contribution < -0.4 is 4.90 Å². The highest BCUT2D eigenvalue weighted by atomic mass is 35.5. The van der Waals surface area contributed by atoms with Gasteiger partial charge in [0.05, 0.1) is 4.92 Å². The second-order valence-electron chi connectivity index (χ2n) is 4.22. The number of anilines is 1. The molecular formula is C14H13ClN2O2. The summed E-state index contributed by atoms with van der Waals surface area (Å²) >= 11 is 6.08. The van der Waals surface area contributed by atoms with Gasteiger partial charge in [-0.2, -0.15) is 0 Å². The first kappa shape index (κ1) is 13.4. The van der Waals surface area contributed by atoms with Gasteiger partial charge in [0.25, 0.3) is 5.69 Å². The summed E-state index contributed by atoms with van der Waals surface area (Å²) < 4.78 is 0. The van der Waals surface area contributed by atoms with E-state index in [4.69, 9.17) is 11.6 Å². The van der Waals surface area contributed by atoms with Crippen LogP contribution >= 0.6 is 11.6 Å². The molecule has 0 spiro atoms. The quantitative estimate of drug-likeness (QED) is 0.629. The van der Waals surface area contributed by atoms with Crippen LogP contribution in [0.2, 0.25) is 5.02 Å². The molecule has 0 N–H and O–H groups in total. The molecule has 0 saturated carbocycles. The summed E-state index contributed by atoms with van der Waals surface area (Å²) in [7, 11) is 1.92. The van der Waals surface area contributed by atoms with E-state index in [0.717, 1.165) is 11.3 Å². The Morgan fingerprint density at radius 1 is 1.21 bits per heavy atom. The fraction of sp³-hybridized carbons (Fsp3) is 0.143. The normalized spacial score (nSPS) is 10.2. The number of rotatable bonds is 4. The minimum Gasteiger partial charge on any atom is -0.370 e. The van der Waals surface area contributed by atoms with E-state index in [9.17, 15) is 10.1 Å². The average Bonchev–Trinajstić information content (AvgIpc) is 2.42. The molecule has 19 heavy (non-hydrogen) atoms. The molecule has 2 aromatic rings. The van der Waals surface area contributed by atoms with E-state index < -0.39 is 4.92 Å². The number of nitro benzene ring substituents is 1. The van der Waals surface area contributed by atoms with Crippen LogP contribution in [0, 0.1) is 10.1 Å². The minimum atomic E-state index is -0.414. The summed E-state index contributed by atoms with van der Waals surface area (Å²) in [6.07, 6.45) is 0. The lowest BCUT2D eigenvalue weighted by molar-refractivity contribution is -0.384. The third-order valence-electron chi connectivity index (χ3n) is 2.84. The highest BCUT2D eigenvalue weighted by Crippen LogP contribution is 2.24. The van der Waals surface area contributed by atoms with Crippen LogP contribution in [0.15, 0.2) is 48.5 Å². The van der Waals surface area contributed by atoms with Crippen LogP contribution in [0.5, 0.6) is 0 Å². The van der Waals surface area contributed by atoms with E-state index in [0.29, 0.717) is 11.6 Å². The van der Waals surface area contributed by atoms with Crippen LogP contribution in [0.25, 0.3) is 0 Å². The van der Waals surface area contributed by atoms with Crippen molar-refractivity contribution in [3.05, 3.63) is 69.2 Å². The maximum atomic E-state index is 10.8. The third-order valence-corrected chi connectivity index (χ3v) is 3.21. The second-order valence-corrected chi connectivity index (χ2v) is 4.63. The van der Waals surface area contributed by atoms with Gasteiger partial charge in [-0.3, -0.25) is 10.1 Å². The zero-order valence-electron chi connectivity index (χ0n) is 10.4. The van der Waals surface area contributed by atoms with E-state index in [1.807, 2.05) is 42.3 Å². The van der Waals surface area contributed by atoms with Crippen LogP contribution in [-0.2, 0) is 6.54 Å². The molecule has 0 amide bonds. The van der Waals surface area contributed by atoms with Gasteiger partial charge in [0.2, 0.25) is 0 Å². The summed E-state index contributed by atoms with van der Waals surface area (Å²) in [5, 5.41) is 11.3. The summed E-state index contributed by atoms with van der Waals surface area (Å²) in [6, 6.07) is 14.3. The Bertz CT molecular complexity index is 587. The average molecular weight is 277 g/mol. The number of halogens is 1. The molecule has 0 saturated heterocycles. The maximum absolute atomic E-state index is 10.8. The molecule has 0 fully saturated rings. The number of benzene rings is 2. The Morgan fingerprint density at radius 3 is 2.53 bits per heavy atom. The number of hydrogen-bond acceptors (Lipinski definition) is 3. The number of non-ortho nitro benzene ring substituents is 1. The zero-order chi connectivity index (χ0) is 13.8. The van der Waals surface area contributed by atoms with Crippen molar-refractivity contribution >= 4 is 23.0 Å². The van der Waals surface area contributed by atoms with E-state index in [2.05, 4.69) is 0 Å². The van der Waals surface area contributed by atoms with Crippen LogP contribution in [0.3, 0.4) is 0 Å². The Labute approximate surface area is 116 Å². The molecule has 0 aliphatic carbocycles. The molecule has 0 unspecified atom stereocenters. The highest BCUT2D eigenvalue weighted by Gasteiger charge is 2.11. The molecule has 0 atom stereocenters. The molecule has 0 radical (unpaired) electrons. The van der Waals surface area contributed by atoms with Crippen molar-refractivity contribution in [2.45, 2.75) is 6.54 Å². The van der Waals surface area contributed by atoms with Crippen molar-refractivity contribution in [3.8, 4) is 0 Å². The van der Waals surface area contributed by atoms with E-state index >= 15 is 0 Å². The molecule has 0 aromatic heterocycles. The second kappa shape index (κ2) is 5.71. The molecule has 2 aromatic carbocycles. The lowest BCUT2D eigenvalue weighted by Crippen LogP contribution is -2.16.